The number of aromatic nitrogens is 3. The minimum absolute atomic E-state index is 0.179. The van der Waals surface area contributed by atoms with Crippen LogP contribution in [0.5, 0.6) is 0 Å². The zero-order chi connectivity index (χ0) is 9.97. The predicted molar refractivity (Wildman–Crippen MR) is 54.7 cm³/mol. The Balaban J connectivity index is 2.14. The van der Waals surface area contributed by atoms with Crippen LogP contribution in [-0.4, -0.2) is 21.1 Å². The smallest absolute Gasteiger partial charge is 0.269 e. The second kappa shape index (κ2) is 3.81. The van der Waals surface area contributed by atoms with Crippen LogP contribution in [0.25, 0.3) is 0 Å². The Morgan fingerprint density at radius 3 is 2.86 bits per heavy atom. The van der Waals surface area contributed by atoms with Gasteiger partial charge in [0.25, 0.3) is 5.91 Å². The largest absolute Gasteiger partial charge is 0.296 e. The second-order valence-electron chi connectivity index (χ2n) is 2.46. The molecule has 5 nitrogen and oxygen atoms in total. The van der Waals surface area contributed by atoms with Gasteiger partial charge in [0.05, 0.1) is 11.2 Å². The van der Waals surface area contributed by atoms with E-state index in [1.807, 2.05) is 0 Å². The van der Waals surface area contributed by atoms with Crippen LogP contribution in [0.4, 0.5) is 5.13 Å². The summed E-state index contributed by atoms with van der Waals surface area (Å²) in [7, 11) is 0. The number of anilines is 1. The molecule has 14 heavy (non-hydrogen) atoms. The average molecular weight is 226 g/mol. The van der Waals surface area contributed by atoms with E-state index in [1.165, 1.54) is 22.7 Å². The average Bonchev–Trinajstić information content (AvgIpc) is 2.75. The zero-order valence-electron chi connectivity index (χ0n) is 7.22. The molecular formula is C7H6N4OS2. The van der Waals surface area contributed by atoms with Crippen molar-refractivity contribution in [2.45, 2.75) is 6.92 Å². The van der Waals surface area contributed by atoms with Gasteiger partial charge in [-0.05, 0) is 6.92 Å². The van der Waals surface area contributed by atoms with E-state index in [2.05, 4.69) is 20.5 Å². The van der Waals surface area contributed by atoms with Crippen LogP contribution in [0.1, 0.15) is 15.4 Å². The molecule has 0 aromatic carbocycles. The van der Waals surface area contributed by atoms with Gasteiger partial charge in [-0.1, -0.05) is 11.3 Å². The highest BCUT2D eigenvalue weighted by molar-refractivity contribution is 7.14. The highest BCUT2D eigenvalue weighted by atomic mass is 32.1. The number of amides is 1. The lowest BCUT2D eigenvalue weighted by atomic mass is 10.4. The molecule has 0 aliphatic heterocycles. The molecule has 2 heterocycles. The van der Waals surface area contributed by atoms with Crippen molar-refractivity contribution in [3.05, 3.63) is 21.6 Å². The van der Waals surface area contributed by atoms with Crippen molar-refractivity contribution in [2.24, 2.45) is 0 Å². The molecule has 1 amide bonds. The fraction of sp³-hybridized carbons (Fsp3) is 0.143. The van der Waals surface area contributed by atoms with Crippen LogP contribution in [0.15, 0.2) is 11.0 Å². The SMILES string of the molecule is Cc1ncsc1C(=O)Nc1nncs1. The van der Waals surface area contributed by atoms with E-state index in [-0.39, 0.29) is 5.91 Å². The van der Waals surface area contributed by atoms with Gasteiger partial charge in [-0.3, -0.25) is 10.1 Å². The normalized spacial score (nSPS) is 10.1. The Morgan fingerprint density at radius 1 is 1.43 bits per heavy atom. The molecule has 1 N–H and O–H groups in total. The van der Waals surface area contributed by atoms with Gasteiger partial charge in [0.2, 0.25) is 5.13 Å². The molecule has 2 aromatic rings. The molecule has 0 saturated heterocycles. The van der Waals surface area contributed by atoms with Crippen LogP contribution < -0.4 is 5.32 Å². The van der Waals surface area contributed by atoms with E-state index >= 15 is 0 Å². The van der Waals surface area contributed by atoms with Crippen molar-refractivity contribution >= 4 is 33.7 Å². The molecule has 2 rings (SSSR count). The molecule has 0 spiro atoms. The van der Waals surface area contributed by atoms with E-state index in [0.717, 1.165) is 5.69 Å². The number of nitrogens with one attached hydrogen (secondary N) is 1. The lowest BCUT2D eigenvalue weighted by molar-refractivity contribution is 0.102. The minimum Gasteiger partial charge on any atom is -0.296 e. The van der Waals surface area contributed by atoms with Gasteiger partial charge in [0.1, 0.15) is 10.4 Å². The summed E-state index contributed by atoms with van der Waals surface area (Å²) in [5.74, 6) is -0.179. The maximum absolute atomic E-state index is 11.6. The molecule has 72 valence electrons. The summed E-state index contributed by atoms with van der Waals surface area (Å²) in [6.07, 6.45) is 0. The first-order chi connectivity index (χ1) is 6.77. The Labute approximate surface area is 87.8 Å². The maximum Gasteiger partial charge on any atom is 0.269 e. The number of carbonyl (C=O) groups excluding carboxylic acids is 1. The van der Waals surface area contributed by atoms with Gasteiger partial charge >= 0.3 is 0 Å². The van der Waals surface area contributed by atoms with Crippen molar-refractivity contribution < 1.29 is 4.79 Å². The molecule has 0 fully saturated rings. The summed E-state index contributed by atoms with van der Waals surface area (Å²) in [4.78, 5) is 16.2. The lowest BCUT2D eigenvalue weighted by Gasteiger charge is -1.97. The maximum atomic E-state index is 11.6. The molecule has 0 radical (unpaired) electrons. The third-order valence-corrected chi connectivity index (χ3v) is 3.07. The van der Waals surface area contributed by atoms with E-state index in [9.17, 15) is 4.79 Å². The van der Waals surface area contributed by atoms with Crippen LogP contribution in [0.2, 0.25) is 0 Å². The first kappa shape index (κ1) is 9.22. The Morgan fingerprint density at radius 2 is 2.29 bits per heavy atom. The van der Waals surface area contributed by atoms with E-state index in [0.29, 0.717) is 10.0 Å². The molecule has 2 aromatic heterocycles. The molecule has 0 unspecified atom stereocenters. The van der Waals surface area contributed by atoms with Gasteiger partial charge in [0, 0.05) is 0 Å². The number of thiazole rings is 1. The van der Waals surface area contributed by atoms with Crippen LogP contribution in [0, 0.1) is 6.92 Å². The van der Waals surface area contributed by atoms with Crippen LogP contribution >= 0.6 is 22.7 Å². The van der Waals surface area contributed by atoms with Crippen molar-refractivity contribution in [1.29, 1.82) is 0 Å². The lowest BCUT2D eigenvalue weighted by Crippen LogP contribution is -2.11. The van der Waals surface area contributed by atoms with Crippen molar-refractivity contribution in [2.75, 3.05) is 5.32 Å². The molecule has 0 saturated carbocycles. The van der Waals surface area contributed by atoms with Gasteiger partial charge in [-0.25, -0.2) is 4.98 Å². The Hall–Kier alpha value is -1.34. The summed E-state index contributed by atoms with van der Waals surface area (Å²) in [6, 6.07) is 0. The Kier molecular flexibility index (Phi) is 2.51. The molecule has 0 atom stereocenters. The summed E-state index contributed by atoms with van der Waals surface area (Å²) in [5, 5.41) is 10.5. The highest BCUT2D eigenvalue weighted by Crippen LogP contribution is 2.15. The molecule has 0 aliphatic carbocycles. The number of rotatable bonds is 2. The fourth-order valence-electron chi connectivity index (χ4n) is 0.901. The zero-order valence-corrected chi connectivity index (χ0v) is 8.85. The summed E-state index contributed by atoms with van der Waals surface area (Å²) in [6.45, 7) is 1.80. The summed E-state index contributed by atoms with van der Waals surface area (Å²) >= 11 is 2.60. The van der Waals surface area contributed by atoms with E-state index in [4.69, 9.17) is 0 Å². The Bertz CT molecular complexity index is 436. The van der Waals surface area contributed by atoms with E-state index < -0.39 is 0 Å². The first-order valence-corrected chi connectivity index (χ1v) is 5.51. The summed E-state index contributed by atoms with van der Waals surface area (Å²) < 4.78 is 0. The third kappa shape index (κ3) is 1.78. The van der Waals surface area contributed by atoms with Gasteiger partial charge in [0.15, 0.2) is 0 Å². The molecule has 0 aliphatic rings. The quantitative estimate of drug-likeness (QED) is 0.843. The minimum atomic E-state index is -0.179. The monoisotopic (exact) mass is 226 g/mol. The molecular weight excluding hydrogens is 220 g/mol. The first-order valence-electron chi connectivity index (χ1n) is 3.75. The van der Waals surface area contributed by atoms with Crippen LogP contribution in [0.3, 0.4) is 0 Å². The van der Waals surface area contributed by atoms with Crippen molar-refractivity contribution in [1.82, 2.24) is 15.2 Å². The predicted octanol–water partition coefficient (Wildman–Crippen LogP) is 1.56. The number of hydrogen-bond acceptors (Lipinski definition) is 6. The van der Waals surface area contributed by atoms with Crippen LogP contribution in [-0.2, 0) is 0 Å². The summed E-state index contributed by atoms with van der Waals surface area (Å²) in [5.41, 5.74) is 3.94. The second-order valence-corrected chi connectivity index (χ2v) is 4.15. The number of carbonyl (C=O) groups is 1. The van der Waals surface area contributed by atoms with Gasteiger partial charge < -0.3 is 0 Å². The number of nitrogens with zero attached hydrogens (tertiary/aromatic N) is 3. The topological polar surface area (TPSA) is 67.8 Å². The number of aryl methyl sites for hydroxylation is 1. The number of hydrogen-bond donors (Lipinski definition) is 1. The van der Waals surface area contributed by atoms with Gasteiger partial charge in [-0.15, -0.1) is 21.5 Å². The van der Waals surface area contributed by atoms with Crippen molar-refractivity contribution in [3.63, 3.8) is 0 Å². The van der Waals surface area contributed by atoms with Crippen molar-refractivity contribution in [3.8, 4) is 0 Å². The van der Waals surface area contributed by atoms with Gasteiger partial charge in [-0.2, -0.15) is 0 Å². The fourth-order valence-corrected chi connectivity index (χ4v) is 2.04. The third-order valence-electron chi connectivity index (χ3n) is 1.53. The molecule has 0 bridgehead atoms. The molecule has 7 heteroatoms. The van der Waals surface area contributed by atoms with E-state index in [1.54, 1.807) is 17.9 Å². The standard InChI is InChI=1S/C7H6N4OS2/c1-4-5(13-2-8-4)6(12)10-7-11-9-3-14-7/h2-3H,1H3,(H,10,11,12). The highest BCUT2D eigenvalue weighted by Gasteiger charge is 2.12.